The van der Waals surface area contributed by atoms with Crippen LogP contribution in [0.3, 0.4) is 0 Å². The van der Waals surface area contributed by atoms with Crippen LogP contribution in [0.5, 0.6) is 0 Å². The van der Waals surface area contributed by atoms with Crippen LogP contribution < -0.4 is 5.73 Å². The first-order chi connectivity index (χ1) is 15.4. The van der Waals surface area contributed by atoms with Gasteiger partial charge in [0.2, 0.25) is 17.7 Å². The van der Waals surface area contributed by atoms with Gasteiger partial charge in [-0.05, 0) is 39.6 Å². The number of carbonyl (C=O) groups is 3. The summed E-state index contributed by atoms with van der Waals surface area (Å²) in [6.07, 6.45) is 3.30. The van der Waals surface area contributed by atoms with Crippen molar-refractivity contribution >= 4 is 41.2 Å². The largest absolute Gasteiger partial charge is 0.368 e. The van der Waals surface area contributed by atoms with Gasteiger partial charge in [-0.15, -0.1) is 11.8 Å². The van der Waals surface area contributed by atoms with Gasteiger partial charge in [0.25, 0.3) is 0 Å². The Kier molecular flexibility index (Phi) is 16.1. The van der Waals surface area contributed by atoms with Crippen molar-refractivity contribution in [2.24, 2.45) is 5.73 Å². The minimum atomic E-state index is -0.827. The summed E-state index contributed by atoms with van der Waals surface area (Å²) >= 11 is 3.19. The zero-order valence-corrected chi connectivity index (χ0v) is 23.5. The Morgan fingerprint density at radius 1 is 1.03 bits per heavy atom. The van der Waals surface area contributed by atoms with Gasteiger partial charge in [-0.1, -0.05) is 20.8 Å². The van der Waals surface area contributed by atoms with E-state index in [1.807, 2.05) is 27.0 Å². The molecule has 0 fully saturated rings. The Labute approximate surface area is 209 Å². The second-order valence-electron chi connectivity index (χ2n) is 8.75. The smallest absolute Gasteiger partial charge is 0.246 e. The van der Waals surface area contributed by atoms with Crippen LogP contribution in [0.15, 0.2) is 0 Å². The minimum Gasteiger partial charge on any atom is -0.368 e. The Hall–Kier alpha value is -0.970. The van der Waals surface area contributed by atoms with Crippen molar-refractivity contribution in [2.75, 3.05) is 57.4 Å². The molecule has 0 aliphatic heterocycles. The predicted octanol–water partition coefficient (Wildman–Crippen LogP) is 2.51. The Morgan fingerprint density at radius 2 is 1.64 bits per heavy atom. The normalized spacial score (nSPS) is 13.6. The van der Waals surface area contributed by atoms with Crippen molar-refractivity contribution in [3.05, 3.63) is 0 Å². The van der Waals surface area contributed by atoms with Crippen LogP contribution in [0, 0.1) is 0 Å². The van der Waals surface area contributed by atoms with Gasteiger partial charge >= 0.3 is 0 Å². The summed E-state index contributed by atoms with van der Waals surface area (Å²) in [5.41, 5.74) is 5.07. The van der Waals surface area contributed by atoms with Gasteiger partial charge in [-0.2, -0.15) is 11.8 Å². The zero-order chi connectivity index (χ0) is 25.6. The average Bonchev–Trinajstić information content (AvgIpc) is 2.77. The van der Waals surface area contributed by atoms with Crippen molar-refractivity contribution < 1.29 is 19.1 Å². The van der Waals surface area contributed by atoms with Gasteiger partial charge in [0.15, 0.2) is 0 Å². The molecule has 0 spiro atoms. The van der Waals surface area contributed by atoms with E-state index in [0.29, 0.717) is 24.5 Å². The number of carbonyl (C=O) groups excluding carboxylic acids is 3. The van der Waals surface area contributed by atoms with Gasteiger partial charge < -0.3 is 25.2 Å². The van der Waals surface area contributed by atoms with Crippen molar-refractivity contribution in [2.45, 2.75) is 71.6 Å². The third-order valence-corrected chi connectivity index (χ3v) is 7.10. The first kappa shape index (κ1) is 32.0. The van der Waals surface area contributed by atoms with E-state index < -0.39 is 23.6 Å². The van der Waals surface area contributed by atoms with E-state index in [0.717, 1.165) is 25.4 Å². The molecule has 33 heavy (non-hydrogen) atoms. The van der Waals surface area contributed by atoms with Crippen LogP contribution >= 0.6 is 23.5 Å². The summed E-state index contributed by atoms with van der Waals surface area (Å²) in [5, 5.41) is 0. The molecular formula is C23H46N4O4S2. The number of hydrogen-bond donors (Lipinski definition) is 1. The average molecular weight is 507 g/mol. The fourth-order valence-electron chi connectivity index (χ4n) is 3.40. The maximum atomic E-state index is 13.5. The molecule has 0 bridgehead atoms. The molecule has 10 heteroatoms. The second kappa shape index (κ2) is 16.6. The van der Waals surface area contributed by atoms with Crippen LogP contribution in [0.4, 0.5) is 0 Å². The summed E-state index contributed by atoms with van der Waals surface area (Å²) in [6.45, 7) is 12.8. The molecule has 8 nitrogen and oxygen atoms in total. The first-order valence-electron chi connectivity index (χ1n) is 11.7. The SMILES string of the molecule is CCCC(=O)N(C)[C@H](CSCCN(CC)CC)C(=O)N(C)[C@@H](CC(C)(C)OCSC)C(N)=O. The van der Waals surface area contributed by atoms with Crippen LogP contribution in [-0.4, -0.2) is 108 Å². The monoisotopic (exact) mass is 506 g/mol. The number of nitrogens with two attached hydrogens (primary N) is 1. The molecular weight excluding hydrogens is 460 g/mol. The summed E-state index contributed by atoms with van der Waals surface area (Å²) < 4.78 is 5.83. The fraction of sp³-hybridized carbons (Fsp3) is 0.870. The number of thioether (sulfide) groups is 2. The maximum absolute atomic E-state index is 13.5. The molecule has 194 valence electrons. The number of ether oxygens (including phenoxy) is 1. The van der Waals surface area contributed by atoms with Gasteiger partial charge in [0, 0.05) is 45.0 Å². The molecule has 0 saturated carbocycles. The van der Waals surface area contributed by atoms with Gasteiger partial charge in [-0.25, -0.2) is 0 Å². The number of likely N-dealkylation sites (N-methyl/N-ethyl adjacent to an activating group) is 2. The van der Waals surface area contributed by atoms with E-state index in [1.54, 1.807) is 37.6 Å². The van der Waals surface area contributed by atoms with Crippen LogP contribution in [0.1, 0.15) is 53.9 Å². The summed E-state index contributed by atoms with van der Waals surface area (Å²) in [5.74, 6) is 0.876. The highest BCUT2D eigenvalue weighted by molar-refractivity contribution is 7.99. The lowest BCUT2D eigenvalue weighted by molar-refractivity contribution is -0.147. The summed E-state index contributed by atoms with van der Waals surface area (Å²) in [6, 6.07) is -1.49. The van der Waals surface area contributed by atoms with Gasteiger partial charge in [0.1, 0.15) is 12.1 Å². The molecule has 0 rings (SSSR count). The third kappa shape index (κ3) is 11.8. The third-order valence-electron chi connectivity index (χ3n) is 5.73. The van der Waals surface area contributed by atoms with Crippen molar-refractivity contribution in [3.8, 4) is 0 Å². The van der Waals surface area contributed by atoms with Crippen molar-refractivity contribution in [3.63, 3.8) is 0 Å². The molecule has 0 radical (unpaired) electrons. The van der Waals surface area contributed by atoms with E-state index >= 15 is 0 Å². The lowest BCUT2D eigenvalue weighted by Crippen LogP contribution is -2.56. The number of nitrogens with zero attached hydrogens (tertiary/aromatic N) is 3. The summed E-state index contributed by atoms with van der Waals surface area (Å²) in [4.78, 5) is 43.7. The quantitative estimate of drug-likeness (QED) is 0.225. The molecule has 0 aromatic rings. The minimum absolute atomic E-state index is 0.0761. The fourth-order valence-corrected chi connectivity index (χ4v) is 4.98. The highest BCUT2D eigenvalue weighted by Gasteiger charge is 2.37. The molecule has 0 aliphatic rings. The Bertz CT molecular complexity index is 603. The molecule has 0 aromatic heterocycles. The topological polar surface area (TPSA) is 96.2 Å². The molecule has 2 atom stereocenters. The molecule has 3 amide bonds. The van der Waals surface area contributed by atoms with E-state index in [2.05, 4.69) is 18.7 Å². The standard InChI is InChI=1S/C23H46N4O4S2/c1-9-12-20(28)25(6)19(16-33-14-13-27(10-2)11-3)22(30)26(7)18(21(24)29)15-23(4,5)31-17-32-8/h18-19H,9-17H2,1-8H3,(H2,24,29)/t18-,19+/m0/s1. The predicted molar refractivity (Wildman–Crippen MR) is 140 cm³/mol. The van der Waals surface area contributed by atoms with Crippen LogP contribution in [0.2, 0.25) is 0 Å². The molecule has 0 aliphatic carbocycles. The lowest BCUT2D eigenvalue weighted by atomic mass is 9.97. The van der Waals surface area contributed by atoms with Crippen LogP contribution in [0.25, 0.3) is 0 Å². The Morgan fingerprint density at radius 3 is 2.12 bits per heavy atom. The van der Waals surface area contributed by atoms with Gasteiger partial charge in [0.05, 0.1) is 11.5 Å². The van der Waals surface area contributed by atoms with E-state index in [1.165, 1.54) is 9.80 Å². The van der Waals surface area contributed by atoms with Crippen LogP contribution in [-0.2, 0) is 19.1 Å². The maximum Gasteiger partial charge on any atom is 0.246 e. The molecule has 0 unspecified atom stereocenters. The molecule has 0 heterocycles. The lowest BCUT2D eigenvalue weighted by Gasteiger charge is -2.36. The molecule has 0 aromatic carbocycles. The number of rotatable bonds is 18. The van der Waals surface area contributed by atoms with E-state index in [9.17, 15) is 14.4 Å². The number of hydrogen-bond acceptors (Lipinski definition) is 7. The van der Waals surface area contributed by atoms with E-state index in [-0.39, 0.29) is 18.2 Å². The Balaban J connectivity index is 5.52. The van der Waals surface area contributed by atoms with Gasteiger partial charge in [-0.3, -0.25) is 14.4 Å². The highest BCUT2D eigenvalue weighted by Crippen LogP contribution is 2.22. The number of primary amides is 1. The molecule has 0 saturated heterocycles. The van der Waals surface area contributed by atoms with Crippen molar-refractivity contribution in [1.82, 2.24) is 14.7 Å². The molecule has 2 N–H and O–H groups in total. The van der Waals surface area contributed by atoms with Crippen molar-refractivity contribution in [1.29, 1.82) is 0 Å². The van der Waals surface area contributed by atoms with E-state index in [4.69, 9.17) is 10.5 Å². The second-order valence-corrected chi connectivity index (χ2v) is 10.7. The number of amides is 3. The first-order valence-corrected chi connectivity index (χ1v) is 14.2. The zero-order valence-electron chi connectivity index (χ0n) is 21.9. The highest BCUT2D eigenvalue weighted by atomic mass is 32.2. The summed E-state index contributed by atoms with van der Waals surface area (Å²) in [7, 11) is 3.26.